The predicted octanol–water partition coefficient (Wildman–Crippen LogP) is 1.58. The van der Waals surface area contributed by atoms with E-state index in [0.29, 0.717) is 18.5 Å². The van der Waals surface area contributed by atoms with E-state index in [1.165, 1.54) is 17.2 Å². The number of primary amides is 1. The highest BCUT2D eigenvalue weighted by atomic mass is 19.1. The standard InChI is InChI=1S/C15H17FN3O2/c16-10-6-11(9-18-8-10)19-12(13(17)20)7-15(14(19)21)4-2-1-3-5-15/h2,6,8-9,12H,1,3-5,7H2,(H2,17,20). The van der Waals surface area contributed by atoms with Crippen molar-refractivity contribution in [1.82, 2.24) is 4.98 Å². The van der Waals surface area contributed by atoms with Crippen LogP contribution >= 0.6 is 0 Å². The summed E-state index contributed by atoms with van der Waals surface area (Å²) in [5, 5.41) is 0. The van der Waals surface area contributed by atoms with Crippen molar-refractivity contribution >= 4 is 17.5 Å². The van der Waals surface area contributed by atoms with Crippen LogP contribution in [0.15, 0.2) is 18.5 Å². The van der Waals surface area contributed by atoms with Gasteiger partial charge in [-0.25, -0.2) is 4.39 Å². The van der Waals surface area contributed by atoms with E-state index >= 15 is 0 Å². The lowest BCUT2D eigenvalue weighted by Crippen LogP contribution is -2.43. The molecule has 1 aliphatic heterocycles. The highest BCUT2D eigenvalue weighted by Gasteiger charge is 2.53. The van der Waals surface area contributed by atoms with E-state index in [-0.39, 0.29) is 5.91 Å². The summed E-state index contributed by atoms with van der Waals surface area (Å²) in [4.78, 5) is 29.7. The molecule has 2 fully saturated rings. The second-order valence-electron chi connectivity index (χ2n) is 5.82. The average Bonchev–Trinajstić information content (AvgIpc) is 2.74. The van der Waals surface area contributed by atoms with Crippen LogP contribution in [0.4, 0.5) is 10.1 Å². The summed E-state index contributed by atoms with van der Waals surface area (Å²) < 4.78 is 13.4. The van der Waals surface area contributed by atoms with Gasteiger partial charge in [0, 0.05) is 6.07 Å². The fourth-order valence-corrected chi connectivity index (χ4v) is 3.45. The number of pyridine rings is 1. The number of rotatable bonds is 2. The molecule has 2 heterocycles. The molecule has 1 aromatic heterocycles. The Balaban J connectivity index is 2.00. The van der Waals surface area contributed by atoms with E-state index in [1.54, 1.807) is 0 Å². The molecule has 5 nitrogen and oxygen atoms in total. The SMILES string of the molecule is NC(=O)C1CC2(C[CH]CCC2)C(=O)N1c1cncc(F)c1. The van der Waals surface area contributed by atoms with Crippen molar-refractivity contribution < 1.29 is 14.0 Å². The van der Waals surface area contributed by atoms with Crippen molar-refractivity contribution in [2.24, 2.45) is 11.1 Å². The Morgan fingerprint density at radius 3 is 2.90 bits per heavy atom. The summed E-state index contributed by atoms with van der Waals surface area (Å²) in [6, 6.07) is 0.486. The first-order valence-electron chi connectivity index (χ1n) is 7.09. The quantitative estimate of drug-likeness (QED) is 0.898. The van der Waals surface area contributed by atoms with Gasteiger partial charge in [-0.1, -0.05) is 12.8 Å². The Morgan fingerprint density at radius 2 is 2.29 bits per heavy atom. The fourth-order valence-electron chi connectivity index (χ4n) is 3.45. The maximum absolute atomic E-state index is 13.4. The van der Waals surface area contributed by atoms with Crippen molar-refractivity contribution in [1.29, 1.82) is 0 Å². The number of carbonyl (C=O) groups is 2. The first-order chi connectivity index (χ1) is 10.0. The van der Waals surface area contributed by atoms with E-state index in [4.69, 9.17) is 5.73 Å². The summed E-state index contributed by atoms with van der Waals surface area (Å²) >= 11 is 0. The Labute approximate surface area is 122 Å². The molecule has 3 rings (SSSR count). The largest absolute Gasteiger partial charge is 0.368 e. The van der Waals surface area contributed by atoms with Crippen molar-refractivity contribution in [2.75, 3.05) is 4.90 Å². The van der Waals surface area contributed by atoms with Crippen LogP contribution in [0.3, 0.4) is 0 Å². The van der Waals surface area contributed by atoms with E-state index in [9.17, 15) is 14.0 Å². The highest BCUT2D eigenvalue weighted by molar-refractivity contribution is 6.06. The molecule has 2 aliphatic rings. The van der Waals surface area contributed by atoms with Crippen molar-refractivity contribution in [2.45, 2.75) is 38.1 Å². The van der Waals surface area contributed by atoms with Crippen LogP contribution in [-0.4, -0.2) is 22.8 Å². The molecule has 2 atom stereocenters. The number of nitrogens with zero attached hydrogens (tertiary/aromatic N) is 2. The van der Waals surface area contributed by atoms with Gasteiger partial charge in [0.15, 0.2) is 0 Å². The van der Waals surface area contributed by atoms with Crippen LogP contribution < -0.4 is 10.6 Å². The maximum Gasteiger partial charge on any atom is 0.240 e. The zero-order valence-electron chi connectivity index (χ0n) is 11.6. The molecule has 1 saturated carbocycles. The van der Waals surface area contributed by atoms with E-state index in [1.807, 2.05) is 0 Å². The molecular weight excluding hydrogens is 273 g/mol. The van der Waals surface area contributed by atoms with Gasteiger partial charge in [0.05, 0.1) is 23.5 Å². The number of nitrogens with two attached hydrogens (primary N) is 1. The van der Waals surface area contributed by atoms with Crippen LogP contribution in [0.25, 0.3) is 0 Å². The minimum absolute atomic E-state index is 0.144. The third-order valence-corrected chi connectivity index (χ3v) is 4.46. The number of hydrogen-bond acceptors (Lipinski definition) is 3. The van der Waals surface area contributed by atoms with Gasteiger partial charge in [0.25, 0.3) is 0 Å². The van der Waals surface area contributed by atoms with Crippen molar-refractivity contribution in [3.63, 3.8) is 0 Å². The second-order valence-corrected chi connectivity index (χ2v) is 5.82. The van der Waals surface area contributed by atoms with E-state index in [2.05, 4.69) is 11.4 Å². The molecule has 2 amide bonds. The van der Waals surface area contributed by atoms with Gasteiger partial charge in [-0.05, 0) is 25.7 Å². The third kappa shape index (κ3) is 2.28. The molecule has 1 saturated heterocycles. The number of carbonyl (C=O) groups excluding carboxylic acids is 2. The van der Waals surface area contributed by atoms with Crippen LogP contribution in [0, 0.1) is 17.7 Å². The lowest BCUT2D eigenvalue weighted by Gasteiger charge is -2.31. The molecule has 2 unspecified atom stereocenters. The van der Waals surface area contributed by atoms with Crippen molar-refractivity contribution in [3.05, 3.63) is 30.7 Å². The average molecular weight is 290 g/mol. The highest BCUT2D eigenvalue weighted by Crippen LogP contribution is 2.48. The zero-order chi connectivity index (χ0) is 15.0. The van der Waals surface area contributed by atoms with Crippen LogP contribution in [0.5, 0.6) is 0 Å². The third-order valence-electron chi connectivity index (χ3n) is 4.46. The summed E-state index contributed by atoms with van der Waals surface area (Å²) in [5.74, 6) is -1.25. The number of amides is 2. The van der Waals surface area contributed by atoms with Crippen LogP contribution in [0.1, 0.15) is 32.1 Å². The van der Waals surface area contributed by atoms with Crippen LogP contribution in [-0.2, 0) is 9.59 Å². The normalized spacial score (nSPS) is 24.5. The monoisotopic (exact) mass is 290 g/mol. The summed E-state index contributed by atoms with van der Waals surface area (Å²) in [6.45, 7) is 0. The van der Waals surface area contributed by atoms with Gasteiger partial charge in [0.2, 0.25) is 11.8 Å². The second kappa shape index (κ2) is 5.09. The zero-order valence-corrected chi connectivity index (χ0v) is 11.6. The molecule has 6 heteroatoms. The number of anilines is 1. The van der Waals surface area contributed by atoms with Gasteiger partial charge in [0.1, 0.15) is 11.9 Å². The van der Waals surface area contributed by atoms with Gasteiger partial charge < -0.3 is 5.73 Å². The number of hydrogen-bond donors (Lipinski definition) is 1. The molecule has 1 spiro atoms. The fraction of sp³-hybridized carbons (Fsp3) is 0.467. The summed E-state index contributed by atoms with van der Waals surface area (Å²) in [5.41, 5.74) is 5.19. The van der Waals surface area contributed by atoms with Gasteiger partial charge in [-0.15, -0.1) is 0 Å². The molecule has 1 radical (unpaired) electrons. The molecule has 21 heavy (non-hydrogen) atoms. The summed E-state index contributed by atoms with van der Waals surface area (Å²) in [7, 11) is 0. The van der Waals surface area contributed by atoms with Crippen molar-refractivity contribution in [3.8, 4) is 0 Å². The van der Waals surface area contributed by atoms with E-state index in [0.717, 1.165) is 25.5 Å². The predicted molar refractivity (Wildman–Crippen MR) is 74.5 cm³/mol. The smallest absolute Gasteiger partial charge is 0.240 e. The van der Waals surface area contributed by atoms with Gasteiger partial charge >= 0.3 is 0 Å². The molecule has 1 aromatic rings. The molecule has 2 N–H and O–H groups in total. The van der Waals surface area contributed by atoms with Gasteiger partial charge in [-0.3, -0.25) is 19.5 Å². The lowest BCUT2D eigenvalue weighted by atomic mass is 9.72. The first-order valence-corrected chi connectivity index (χ1v) is 7.09. The van der Waals surface area contributed by atoms with E-state index < -0.39 is 23.2 Å². The molecule has 0 aromatic carbocycles. The Bertz CT molecular complexity index is 584. The molecule has 111 valence electrons. The number of aromatic nitrogens is 1. The Kier molecular flexibility index (Phi) is 3.39. The topological polar surface area (TPSA) is 76.3 Å². The Morgan fingerprint density at radius 1 is 1.48 bits per heavy atom. The van der Waals surface area contributed by atoms with Crippen LogP contribution in [0.2, 0.25) is 0 Å². The molecule has 0 bridgehead atoms. The first kappa shape index (κ1) is 14.0. The molecular formula is C15H17FN3O2. The maximum atomic E-state index is 13.4. The van der Waals surface area contributed by atoms with Gasteiger partial charge in [-0.2, -0.15) is 0 Å². The number of halogens is 1. The minimum Gasteiger partial charge on any atom is -0.368 e. The summed E-state index contributed by atoms with van der Waals surface area (Å²) in [6.07, 6.45) is 8.24. The molecule has 1 aliphatic carbocycles. The Hall–Kier alpha value is -1.98. The lowest BCUT2D eigenvalue weighted by molar-refractivity contribution is -0.126. The minimum atomic E-state index is -0.729.